The number of urea groups is 1. The number of piperazine rings is 1. The molecule has 2 aliphatic heterocycles. The van der Waals surface area contributed by atoms with Crippen molar-refractivity contribution in [1.29, 1.82) is 0 Å². The van der Waals surface area contributed by atoms with Gasteiger partial charge in [-0.3, -0.25) is 4.90 Å². The number of amides is 2. The SMILES string of the molecule is C[C@H](CNC(=O)N1CCN(c2ncccn2)CC1)N1CCc2sccc2C1. The van der Waals surface area contributed by atoms with E-state index in [0.29, 0.717) is 25.7 Å². The number of nitrogens with one attached hydrogen (secondary N) is 1. The Bertz CT molecular complexity index is 759. The number of anilines is 1. The summed E-state index contributed by atoms with van der Waals surface area (Å²) in [5, 5.41) is 5.30. The number of aromatic nitrogens is 2. The van der Waals surface area contributed by atoms with Crippen LogP contribution in [0.5, 0.6) is 0 Å². The second kappa shape index (κ2) is 8.22. The average molecular weight is 387 g/mol. The van der Waals surface area contributed by atoms with Crippen LogP contribution in [-0.4, -0.2) is 71.1 Å². The van der Waals surface area contributed by atoms with Crippen LogP contribution < -0.4 is 10.2 Å². The predicted molar refractivity (Wildman–Crippen MR) is 107 cm³/mol. The van der Waals surface area contributed by atoms with Gasteiger partial charge in [0.05, 0.1) is 0 Å². The van der Waals surface area contributed by atoms with Gasteiger partial charge in [-0.25, -0.2) is 14.8 Å². The molecule has 0 bridgehead atoms. The van der Waals surface area contributed by atoms with E-state index >= 15 is 0 Å². The van der Waals surface area contributed by atoms with Crippen LogP contribution in [0.2, 0.25) is 0 Å². The number of carbonyl (C=O) groups is 1. The molecule has 1 fully saturated rings. The first-order valence-electron chi connectivity index (χ1n) is 9.55. The van der Waals surface area contributed by atoms with Crippen LogP contribution in [0.25, 0.3) is 0 Å². The Kier molecular flexibility index (Phi) is 5.54. The number of hydrogen-bond donors (Lipinski definition) is 1. The minimum atomic E-state index is 0.0312. The van der Waals surface area contributed by atoms with Crippen molar-refractivity contribution in [2.75, 3.05) is 44.2 Å². The van der Waals surface area contributed by atoms with E-state index in [0.717, 1.165) is 38.5 Å². The molecule has 0 aliphatic carbocycles. The van der Waals surface area contributed by atoms with E-state index in [1.807, 2.05) is 22.3 Å². The van der Waals surface area contributed by atoms with Crippen LogP contribution in [0.1, 0.15) is 17.4 Å². The summed E-state index contributed by atoms with van der Waals surface area (Å²) in [5.74, 6) is 0.740. The van der Waals surface area contributed by atoms with E-state index in [1.165, 1.54) is 10.4 Å². The molecule has 144 valence electrons. The number of fused-ring (bicyclic) bond motifs is 1. The maximum atomic E-state index is 12.5. The monoisotopic (exact) mass is 386 g/mol. The molecule has 0 saturated carbocycles. The predicted octanol–water partition coefficient (Wildman–Crippen LogP) is 1.82. The smallest absolute Gasteiger partial charge is 0.317 e. The van der Waals surface area contributed by atoms with Crippen LogP contribution in [0.3, 0.4) is 0 Å². The fourth-order valence-corrected chi connectivity index (χ4v) is 4.58. The normalized spacial score (nSPS) is 18.9. The maximum Gasteiger partial charge on any atom is 0.317 e. The molecule has 2 aromatic rings. The zero-order valence-electron chi connectivity index (χ0n) is 15.7. The lowest BCUT2D eigenvalue weighted by molar-refractivity contribution is 0.172. The first-order valence-corrected chi connectivity index (χ1v) is 10.4. The third-order valence-corrected chi connectivity index (χ3v) is 6.43. The summed E-state index contributed by atoms with van der Waals surface area (Å²) < 4.78 is 0. The topological polar surface area (TPSA) is 64.6 Å². The first-order chi connectivity index (χ1) is 13.2. The van der Waals surface area contributed by atoms with Gasteiger partial charge in [0.15, 0.2) is 0 Å². The summed E-state index contributed by atoms with van der Waals surface area (Å²) in [4.78, 5) is 29.1. The van der Waals surface area contributed by atoms with Gasteiger partial charge in [-0.05, 0) is 36.4 Å². The van der Waals surface area contributed by atoms with Crippen molar-refractivity contribution in [1.82, 2.24) is 25.1 Å². The molecule has 2 aliphatic rings. The summed E-state index contributed by atoms with van der Waals surface area (Å²) >= 11 is 1.86. The number of rotatable bonds is 4. The standard InChI is InChI=1S/C19H26N6OS/c1-15(25-7-3-17-16(14-25)4-12-27-17)13-22-19(26)24-10-8-23(9-11-24)18-20-5-2-6-21-18/h2,4-6,12,15H,3,7-11,13-14H2,1H3,(H,22,26)/t15-/m1/s1. The summed E-state index contributed by atoms with van der Waals surface area (Å²) in [6.07, 6.45) is 4.62. The molecular formula is C19H26N6OS. The Hall–Kier alpha value is -2.19. The summed E-state index contributed by atoms with van der Waals surface area (Å²) in [7, 11) is 0. The van der Waals surface area contributed by atoms with Gasteiger partial charge in [0.2, 0.25) is 5.95 Å². The zero-order chi connectivity index (χ0) is 18.6. The second-order valence-electron chi connectivity index (χ2n) is 7.15. The molecule has 2 amide bonds. The van der Waals surface area contributed by atoms with Crippen molar-refractivity contribution in [2.24, 2.45) is 0 Å². The Morgan fingerprint density at radius 1 is 1.22 bits per heavy atom. The van der Waals surface area contributed by atoms with Crippen LogP contribution in [-0.2, 0) is 13.0 Å². The number of carbonyl (C=O) groups excluding carboxylic acids is 1. The Morgan fingerprint density at radius 2 is 2.00 bits per heavy atom. The molecule has 1 N–H and O–H groups in total. The van der Waals surface area contributed by atoms with Gasteiger partial charge in [0.25, 0.3) is 0 Å². The van der Waals surface area contributed by atoms with Gasteiger partial charge in [-0.15, -0.1) is 11.3 Å². The zero-order valence-corrected chi connectivity index (χ0v) is 16.5. The number of nitrogens with zero attached hydrogens (tertiary/aromatic N) is 5. The largest absolute Gasteiger partial charge is 0.337 e. The molecule has 1 saturated heterocycles. The maximum absolute atomic E-state index is 12.5. The molecule has 0 spiro atoms. The highest BCUT2D eigenvalue weighted by molar-refractivity contribution is 7.10. The van der Waals surface area contributed by atoms with E-state index < -0.39 is 0 Å². The molecule has 2 aromatic heterocycles. The lowest BCUT2D eigenvalue weighted by Gasteiger charge is -2.36. The molecule has 8 heteroatoms. The quantitative estimate of drug-likeness (QED) is 0.868. The molecule has 1 atom stereocenters. The molecule has 4 rings (SSSR count). The highest BCUT2D eigenvalue weighted by Crippen LogP contribution is 2.25. The van der Waals surface area contributed by atoms with Crippen molar-refractivity contribution < 1.29 is 4.79 Å². The van der Waals surface area contributed by atoms with Gasteiger partial charge in [0, 0.05) is 69.1 Å². The van der Waals surface area contributed by atoms with Gasteiger partial charge in [-0.2, -0.15) is 0 Å². The fourth-order valence-electron chi connectivity index (χ4n) is 3.69. The molecule has 0 aromatic carbocycles. The summed E-state index contributed by atoms with van der Waals surface area (Å²) in [5.41, 5.74) is 1.45. The minimum Gasteiger partial charge on any atom is -0.337 e. The Labute approximate surface area is 164 Å². The lowest BCUT2D eigenvalue weighted by atomic mass is 10.1. The van der Waals surface area contributed by atoms with Crippen molar-refractivity contribution >= 4 is 23.3 Å². The van der Waals surface area contributed by atoms with Gasteiger partial charge < -0.3 is 15.1 Å². The number of hydrogen-bond acceptors (Lipinski definition) is 6. The van der Waals surface area contributed by atoms with E-state index in [9.17, 15) is 4.79 Å². The van der Waals surface area contributed by atoms with Crippen LogP contribution in [0.4, 0.5) is 10.7 Å². The lowest BCUT2D eigenvalue weighted by Crippen LogP contribution is -2.54. The third-order valence-electron chi connectivity index (χ3n) is 5.41. The summed E-state index contributed by atoms with van der Waals surface area (Å²) in [6, 6.07) is 4.41. The second-order valence-corrected chi connectivity index (χ2v) is 8.15. The third kappa shape index (κ3) is 4.22. The molecule has 4 heterocycles. The van der Waals surface area contributed by atoms with E-state index in [-0.39, 0.29) is 6.03 Å². The highest BCUT2D eigenvalue weighted by Gasteiger charge is 2.25. The molecule has 27 heavy (non-hydrogen) atoms. The summed E-state index contributed by atoms with van der Waals surface area (Å²) in [6.45, 7) is 7.86. The van der Waals surface area contributed by atoms with Crippen LogP contribution in [0, 0.1) is 0 Å². The van der Waals surface area contributed by atoms with E-state index in [2.05, 4.69) is 43.5 Å². The Morgan fingerprint density at radius 3 is 2.78 bits per heavy atom. The minimum absolute atomic E-state index is 0.0312. The molecule has 7 nitrogen and oxygen atoms in total. The Balaban J connectivity index is 1.22. The van der Waals surface area contributed by atoms with E-state index in [4.69, 9.17) is 0 Å². The van der Waals surface area contributed by atoms with Gasteiger partial charge in [-0.1, -0.05) is 0 Å². The van der Waals surface area contributed by atoms with Crippen molar-refractivity contribution in [3.05, 3.63) is 40.3 Å². The molecular weight excluding hydrogens is 360 g/mol. The van der Waals surface area contributed by atoms with Gasteiger partial charge in [0.1, 0.15) is 0 Å². The van der Waals surface area contributed by atoms with Crippen LogP contribution >= 0.6 is 11.3 Å². The van der Waals surface area contributed by atoms with Gasteiger partial charge >= 0.3 is 6.03 Å². The first kappa shape index (κ1) is 18.2. The highest BCUT2D eigenvalue weighted by atomic mass is 32.1. The van der Waals surface area contributed by atoms with Crippen molar-refractivity contribution in [3.8, 4) is 0 Å². The number of thiophene rings is 1. The molecule has 0 radical (unpaired) electrons. The van der Waals surface area contributed by atoms with E-state index in [1.54, 1.807) is 12.4 Å². The van der Waals surface area contributed by atoms with Crippen molar-refractivity contribution in [2.45, 2.75) is 25.9 Å². The fraction of sp³-hybridized carbons (Fsp3) is 0.526. The van der Waals surface area contributed by atoms with Crippen molar-refractivity contribution in [3.63, 3.8) is 0 Å². The molecule has 0 unspecified atom stereocenters. The van der Waals surface area contributed by atoms with Crippen LogP contribution in [0.15, 0.2) is 29.9 Å². The average Bonchev–Trinajstić information content (AvgIpc) is 3.20.